The minimum absolute atomic E-state index is 0.383. The van der Waals surface area contributed by atoms with Gasteiger partial charge in [0.2, 0.25) is 5.91 Å². The number of carbonyl (C=O) groups excluding carboxylic acids is 1. The van der Waals surface area contributed by atoms with E-state index in [9.17, 15) is 9.59 Å². The topological polar surface area (TPSA) is 84.2 Å². The lowest BCUT2D eigenvalue weighted by Gasteiger charge is -2.14. The van der Waals surface area contributed by atoms with E-state index in [-0.39, 0.29) is 5.91 Å². The van der Waals surface area contributed by atoms with Crippen LogP contribution in [-0.4, -0.2) is 26.8 Å². The Morgan fingerprint density at radius 1 is 1.67 bits per heavy atom. The first-order valence-corrected chi connectivity index (χ1v) is 4.58. The van der Waals surface area contributed by atoms with Crippen LogP contribution in [0.3, 0.4) is 0 Å². The van der Waals surface area contributed by atoms with Gasteiger partial charge >= 0.3 is 5.97 Å². The average molecular weight is 211 g/mol. The Morgan fingerprint density at radius 2 is 2.33 bits per heavy atom. The van der Waals surface area contributed by atoms with Gasteiger partial charge in [-0.2, -0.15) is 5.10 Å². The molecule has 1 aromatic heterocycles. The van der Waals surface area contributed by atoms with E-state index < -0.39 is 12.0 Å². The monoisotopic (exact) mass is 211 g/mol. The van der Waals surface area contributed by atoms with Gasteiger partial charge in [0.15, 0.2) is 6.04 Å². The highest BCUT2D eigenvalue weighted by atomic mass is 16.4. The summed E-state index contributed by atoms with van der Waals surface area (Å²) in [7, 11) is 0. The Kier molecular flexibility index (Phi) is 3.43. The molecule has 6 nitrogen and oxygen atoms in total. The number of nitrogens with zero attached hydrogens (tertiary/aromatic N) is 2. The van der Waals surface area contributed by atoms with E-state index in [1.807, 2.05) is 6.92 Å². The molecule has 2 N–H and O–H groups in total. The number of amides is 1. The fourth-order valence-corrected chi connectivity index (χ4v) is 1.32. The molecule has 1 aromatic rings. The molecule has 82 valence electrons. The lowest BCUT2D eigenvalue weighted by molar-refractivity contribution is -0.142. The Morgan fingerprint density at radius 3 is 2.80 bits per heavy atom. The average Bonchev–Trinajstić information content (AvgIpc) is 2.60. The van der Waals surface area contributed by atoms with Crippen LogP contribution in [0.4, 0.5) is 0 Å². The number of aryl methyl sites for hydroxylation is 1. The Labute approximate surface area is 86.9 Å². The zero-order valence-corrected chi connectivity index (χ0v) is 8.60. The molecule has 0 aliphatic rings. The molecule has 15 heavy (non-hydrogen) atoms. The van der Waals surface area contributed by atoms with Crippen LogP contribution in [0.15, 0.2) is 12.3 Å². The summed E-state index contributed by atoms with van der Waals surface area (Å²) in [5.74, 6) is -1.48. The molecule has 0 aliphatic carbocycles. The molecule has 1 unspecified atom stereocenters. The SMILES string of the molecule is CCn1nccc1C(NC(C)=O)C(=O)O. The highest BCUT2D eigenvalue weighted by Gasteiger charge is 2.23. The largest absolute Gasteiger partial charge is 0.479 e. The molecule has 0 saturated heterocycles. The maximum Gasteiger partial charge on any atom is 0.332 e. The van der Waals surface area contributed by atoms with Crippen molar-refractivity contribution in [2.75, 3.05) is 0 Å². The van der Waals surface area contributed by atoms with Gasteiger partial charge in [-0.15, -0.1) is 0 Å². The van der Waals surface area contributed by atoms with Crippen LogP contribution in [0.25, 0.3) is 0 Å². The van der Waals surface area contributed by atoms with Crippen molar-refractivity contribution in [1.82, 2.24) is 15.1 Å². The van der Waals surface area contributed by atoms with Gasteiger partial charge in [0.1, 0.15) is 0 Å². The maximum atomic E-state index is 10.9. The number of aromatic nitrogens is 2. The predicted octanol–water partition coefficient (Wildman–Crippen LogP) is 0.165. The lowest BCUT2D eigenvalue weighted by Crippen LogP contribution is -2.33. The normalized spacial score (nSPS) is 12.1. The second-order valence-corrected chi connectivity index (χ2v) is 3.04. The van der Waals surface area contributed by atoms with Crippen LogP contribution < -0.4 is 5.32 Å². The number of carboxylic acids is 1. The second kappa shape index (κ2) is 4.59. The fraction of sp³-hybridized carbons (Fsp3) is 0.444. The van der Waals surface area contributed by atoms with Crippen molar-refractivity contribution in [3.63, 3.8) is 0 Å². The number of hydrogen-bond acceptors (Lipinski definition) is 3. The van der Waals surface area contributed by atoms with Crippen LogP contribution in [0.1, 0.15) is 25.6 Å². The third-order valence-electron chi connectivity index (χ3n) is 1.94. The van der Waals surface area contributed by atoms with Crippen molar-refractivity contribution >= 4 is 11.9 Å². The van der Waals surface area contributed by atoms with Crippen LogP contribution in [0.5, 0.6) is 0 Å². The van der Waals surface area contributed by atoms with Crippen molar-refractivity contribution in [3.05, 3.63) is 18.0 Å². The minimum atomic E-state index is -1.10. The van der Waals surface area contributed by atoms with E-state index in [0.29, 0.717) is 12.2 Å². The minimum Gasteiger partial charge on any atom is -0.479 e. The summed E-state index contributed by atoms with van der Waals surface area (Å²) in [6.07, 6.45) is 1.51. The van der Waals surface area contributed by atoms with Crippen molar-refractivity contribution < 1.29 is 14.7 Å². The summed E-state index contributed by atoms with van der Waals surface area (Å²) in [5, 5.41) is 15.3. The van der Waals surface area contributed by atoms with E-state index in [0.717, 1.165) is 0 Å². The van der Waals surface area contributed by atoms with Gasteiger partial charge in [-0.25, -0.2) is 4.79 Å². The molecule has 0 radical (unpaired) electrons. The summed E-state index contributed by atoms with van der Waals surface area (Å²) in [6, 6.07) is 0.544. The van der Waals surface area contributed by atoms with Crippen molar-refractivity contribution in [1.29, 1.82) is 0 Å². The van der Waals surface area contributed by atoms with Crippen molar-refractivity contribution in [2.45, 2.75) is 26.4 Å². The van der Waals surface area contributed by atoms with E-state index in [4.69, 9.17) is 5.11 Å². The number of carbonyl (C=O) groups is 2. The molecular formula is C9H13N3O3. The van der Waals surface area contributed by atoms with Gasteiger partial charge in [0.05, 0.1) is 5.69 Å². The Hall–Kier alpha value is -1.85. The molecular weight excluding hydrogens is 198 g/mol. The van der Waals surface area contributed by atoms with Crippen LogP contribution in [-0.2, 0) is 16.1 Å². The van der Waals surface area contributed by atoms with Crippen molar-refractivity contribution in [3.8, 4) is 0 Å². The summed E-state index contributed by atoms with van der Waals surface area (Å²) in [4.78, 5) is 21.8. The molecule has 0 saturated carbocycles. The summed E-state index contributed by atoms with van der Waals surface area (Å²) in [6.45, 7) is 3.69. The second-order valence-electron chi connectivity index (χ2n) is 3.04. The van der Waals surface area contributed by atoms with E-state index in [2.05, 4.69) is 10.4 Å². The quantitative estimate of drug-likeness (QED) is 0.743. The number of carboxylic acid groups (broad SMARTS) is 1. The maximum absolute atomic E-state index is 10.9. The Balaban J connectivity index is 2.98. The first-order chi connectivity index (χ1) is 7.06. The zero-order chi connectivity index (χ0) is 11.4. The van der Waals surface area contributed by atoms with E-state index in [1.54, 1.807) is 6.07 Å². The number of rotatable bonds is 4. The van der Waals surface area contributed by atoms with Gasteiger partial charge in [-0.3, -0.25) is 9.48 Å². The summed E-state index contributed by atoms with van der Waals surface area (Å²) < 4.78 is 1.54. The predicted molar refractivity (Wildman–Crippen MR) is 52.1 cm³/mol. The van der Waals surface area contributed by atoms with Gasteiger partial charge < -0.3 is 10.4 Å². The zero-order valence-electron chi connectivity index (χ0n) is 8.60. The molecule has 1 atom stereocenters. The third kappa shape index (κ3) is 2.55. The van der Waals surface area contributed by atoms with E-state index in [1.165, 1.54) is 17.8 Å². The van der Waals surface area contributed by atoms with Crippen LogP contribution in [0, 0.1) is 0 Å². The highest BCUT2D eigenvalue weighted by molar-refractivity contribution is 5.82. The smallest absolute Gasteiger partial charge is 0.332 e. The lowest BCUT2D eigenvalue weighted by atomic mass is 10.2. The first kappa shape index (κ1) is 11.2. The van der Waals surface area contributed by atoms with E-state index >= 15 is 0 Å². The molecule has 0 aliphatic heterocycles. The molecule has 0 spiro atoms. The molecule has 6 heteroatoms. The molecule has 1 heterocycles. The molecule has 1 amide bonds. The van der Waals surface area contributed by atoms with Crippen LogP contribution in [0.2, 0.25) is 0 Å². The van der Waals surface area contributed by atoms with Crippen LogP contribution >= 0.6 is 0 Å². The molecule has 0 bridgehead atoms. The Bertz CT molecular complexity index is 372. The fourth-order valence-electron chi connectivity index (χ4n) is 1.32. The van der Waals surface area contributed by atoms with Gasteiger partial charge in [-0.05, 0) is 13.0 Å². The van der Waals surface area contributed by atoms with Crippen molar-refractivity contribution in [2.24, 2.45) is 0 Å². The third-order valence-corrected chi connectivity index (χ3v) is 1.94. The molecule has 0 aromatic carbocycles. The van der Waals surface area contributed by atoms with Gasteiger partial charge in [-0.1, -0.05) is 0 Å². The highest BCUT2D eigenvalue weighted by Crippen LogP contribution is 2.12. The molecule has 1 rings (SSSR count). The van der Waals surface area contributed by atoms with Gasteiger partial charge in [0.25, 0.3) is 0 Å². The number of hydrogen-bond donors (Lipinski definition) is 2. The summed E-state index contributed by atoms with van der Waals surface area (Å²) in [5.41, 5.74) is 0.472. The number of aliphatic carboxylic acids is 1. The summed E-state index contributed by atoms with van der Waals surface area (Å²) >= 11 is 0. The standard InChI is InChI=1S/C9H13N3O3/c1-3-12-7(4-5-10-12)8(9(14)15)11-6(2)13/h4-5,8H,3H2,1-2H3,(H,11,13)(H,14,15). The van der Waals surface area contributed by atoms with Gasteiger partial charge in [0, 0.05) is 19.7 Å². The first-order valence-electron chi connectivity index (χ1n) is 4.58. The number of nitrogens with one attached hydrogen (secondary N) is 1. The molecule has 0 fully saturated rings.